The SMILES string of the molecule is CCOC(=O)c1cnc(Nc2ccc(S(=O)[O-])c(F)c2)nc1N[C@H](CO)c1ccccc1. The first-order valence-electron chi connectivity index (χ1n) is 9.55. The molecule has 168 valence electrons. The molecule has 9 nitrogen and oxygen atoms in total. The molecule has 0 radical (unpaired) electrons. The number of rotatable bonds is 9. The van der Waals surface area contributed by atoms with Crippen LogP contribution in [0.25, 0.3) is 0 Å². The van der Waals surface area contributed by atoms with E-state index >= 15 is 0 Å². The van der Waals surface area contributed by atoms with E-state index in [4.69, 9.17) is 4.74 Å². The molecule has 3 rings (SSSR count). The summed E-state index contributed by atoms with van der Waals surface area (Å²) in [6.07, 6.45) is 1.24. The van der Waals surface area contributed by atoms with Crippen LogP contribution in [-0.2, 0) is 15.8 Å². The van der Waals surface area contributed by atoms with Crippen molar-refractivity contribution >= 4 is 34.5 Å². The van der Waals surface area contributed by atoms with Crippen LogP contribution >= 0.6 is 0 Å². The number of nitrogens with one attached hydrogen (secondary N) is 2. The highest BCUT2D eigenvalue weighted by atomic mass is 32.2. The van der Waals surface area contributed by atoms with Gasteiger partial charge in [0, 0.05) is 11.9 Å². The molecule has 0 aliphatic rings. The summed E-state index contributed by atoms with van der Waals surface area (Å²) < 4.78 is 41.0. The largest absolute Gasteiger partial charge is 0.768 e. The van der Waals surface area contributed by atoms with Gasteiger partial charge in [0.25, 0.3) is 0 Å². The molecule has 32 heavy (non-hydrogen) atoms. The van der Waals surface area contributed by atoms with Crippen LogP contribution in [0.1, 0.15) is 28.9 Å². The topological polar surface area (TPSA) is 136 Å². The molecule has 3 N–H and O–H groups in total. The van der Waals surface area contributed by atoms with Crippen molar-refractivity contribution < 1.29 is 27.8 Å². The van der Waals surface area contributed by atoms with Gasteiger partial charge in [-0.2, -0.15) is 4.98 Å². The molecule has 0 aliphatic carbocycles. The zero-order chi connectivity index (χ0) is 23.1. The minimum Gasteiger partial charge on any atom is -0.768 e. The van der Waals surface area contributed by atoms with Crippen LogP contribution in [0.15, 0.2) is 59.6 Å². The lowest BCUT2D eigenvalue weighted by atomic mass is 10.1. The van der Waals surface area contributed by atoms with Gasteiger partial charge in [-0.25, -0.2) is 14.2 Å². The fourth-order valence-electron chi connectivity index (χ4n) is 2.84. The molecule has 1 heterocycles. The van der Waals surface area contributed by atoms with Crippen LogP contribution in [-0.4, -0.2) is 43.0 Å². The minimum atomic E-state index is -2.70. The zero-order valence-corrected chi connectivity index (χ0v) is 17.8. The maximum absolute atomic E-state index is 14.0. The summed E-state index contributed by atoms with van der Waals surface area (Å²) >= 11 is -2.70. The Morgan fingerprint density at radius 2 is 2.03 bits per heavy atom. The van der Waals surface area contributed by atoms with Crippen LogP contribution in [0.4, 0.5) is 21.8 Å². The van der Waals surface area contributed by atoms with Crippen LogP contribution in [0.3, 0.4) is 0 Å². The summed E-state index contributed by atoms with van der Waals surface area (Å²) in [4.78, 5) is 20.2. The van der Waals surface area contributed by atoms with Crippen molar-refractivity contribution in [3.63, 3.8) is 0 Å². The van der Waals surface area contributed by atoms with E-state index in [1.807, 2.05) is 30.3 Å². The summed E-state index contributed by atoms with van der Waals surface area (Å²) in [5.41, 5.74) is 1.02. The fraction of sp³-hybridized carbons (Fsp3) is 0.190. The number of aliphatic hydroxyl groups is 1. The van der Waals surface area contributed by atoms with Gasteiger partial charge in [-0.05, 0) is 41.8 Å². The van der Waals surface area contributed by atoms with Crippen LogP contribution in [0, 0.1) is 5.82 Å². The molecule has 0 saturated heterocycles. The van der Waals surface area contributed by atoms with Gasteiger partial charge in [0.05, 0.1) is 24.2 Å². The highest BCUT2D eigenvalue weighted by molar-refractivity contribution is 7.79. The predicted octanol–water partition coefficient (Wildman–Crippen LogP) is 2.92. The monoisotopic (exact) mass is 459 g/mol. The number of carbonyl (C=O) groups excluding carboxylic acids is 1. The number of nitrogens with zero attached hydrogens (tertiary/aromatic N) is 2. The van der Waals surface area contributed by atoms with Crippen LogP contribution in [0.2, 0.25) is 0 Å². The molecule has 0 fully saturated rings. The number of aliphatic hydroxyl groups excluding tert-OH is 1. The van der Waals surface area contributed by atoms with Crippen molar-refractivity contribution in [2.24, 2.45) is 0 Å². The molecule has 0 aliphatic heterocycles. The number of benzene rings is 2. The van der Waals surface area contributed by atoms with E-state index in [1.54, 1.807) is 6.92 Å². The third kappa shape index (κ3) is 5.63. The number of hydrogen-bond acceptors (Lipinski definition) is 9. The van der Waals surface area contributed by atoms with E-state index in [0.29, 0.717) is 0 Å². The van der Waals surface area contributed by atoms with Gasteiger partial charge in [-0.3, -0.25) is 4.21 Å². The van der Waals surface area contributed by atoms with Crippen molar-refractivity contribution in [1.82, 2.24) is 9.97 Å². The molecule has 11 heteroatoms. The number of anilines is 3. The van der Waals surface area contributed by atoms with E-state index in [0.717, 1.165) is 17.7 Å². The molecule has 1 unspecified atom stereocenters. The van der Waals surface area contributed by atoms with E-state index in [1.165, 1.54) is 12.3 Å². The standard InChI is InChI=1S/C21H21FN4O5S/c1-2-31-20(28)15-11-23-21(24-14-8-9-18(32(29)30)16(22)10-14)26-19(15)25-17(12-27)13-6-4-3-5-7-13/h3-11,17,27H,2,12H2,1H3,(H,29,30)(H2,23,24,25,26)/p-1/t17-/m1/s1. The van der Waals surface area contributed by atoms with Gasteiger partial charge in [-0.1, -0.05) is 30.3 Å². The molecule has 2 aromatic carbocycles. The van der Waals surface area contributed by atoms with Crippen LogP contribution < -0.4 is 10.6 Å². The third-order valence-corrected chi connectivity index (χ3v) is 5.04. The first-order chi connectivity index (χ1) is 15.4. The number of aromatic nitrogens is 2. The molecule has 0 saturated carbocycles. The van der Waals surface area contributed by atoms with E-state index < -0.39 is 33.8 Å². The van der Waals surface area contributed by atoms with Gasteiger partial charge in [0.15, 0.2) is 0 Å². The third-order valence-electron chi connectivity index (χ3n) is 4.35. The number of esters is 1. The second-order valence-corrected chi connectivity index (χ2v) is 7.38. The van der Waals surface area contributed by atoms with Gasteiger partial charge in [0.1, 0.15) is 17.2 Å². The Labute approximate surface area is 186 Å². The Morgan fingerprint density at radius 3 is 2.66 bits per heavy atom. The Bertz CT molecular complexity index is 1120. The quantitative estimate of drug-likeness (QED) is 0.326. The highest BCUT2D eigenvalue weighted by Crippen LogP contribution is 2.24. The van der Waals surface area contributed by atoms with Crippen molar-refractivity contribution in [2.45, 2.75) is 17.9 Å². The Balaban J connectivity index is 1.93. The minimum absolute atomic E-state index is 0.0145. The van der Waals surface area contributed by atoms with Gasteiger partial charge in [0.2, 0.25) is 5.95 Å². The molecule has 0 spiro atoms. The molecule has 1 aromatic heterocycles. The van der Waals surface area contributed by atoms with E-state index in [-0.39, 0.29) is 36.2 Å². The smallest absolute Gasteiger partial charge is 0.343 e. The molecular weight excluding hydrogens is 439 g/mol. The summed E-state index contributed by atoms with van der Waals surface area (Å²) in [6, 6.07) is 11.9. The van der Waals surface area contributed by atoms with Crippen molar-refractivity contribution in [2.75, 3.05) is 23.8 Å². The molecule has 3 aromatic rings. The van der Waals surface area contributed by atoms with Gasteiger partial charge >= 0.3 is 5.97 Å². The van der Waals surface area contributed by atoms with Crippen molar-refractivity contribution in [1.29, 1.82) is 0 Å². The van der Waals surface area contributed by atoms with Crippen molar-refractivity contribution in [3.05, 3.63) is 71.7 Å². The molecule has 0 bridgehead atoms. The zero-order valence-electron chi connectivity index (χ0n) is 16.9. The molecular formula is C21H20FN4O5S-. The second-order valence-electron chi connectivity index (χ2n) is 6.47. The van der Waals surface area contributed by atoms with E-state index in [9.17, 15) is 23.1 Å². The number of hydrogen-bond donors (Lipinski definition) is 3. The Hall–Kier alpha value is -3.41. The second kappa shape index (κ2) is 10.8. The Kier molecular flexibility index (Phi) is 7.82. The number of halogens is 1. The highest BCUT2D eigenvalue weighted by Gasteiger charge is 2.20. The van der Waals surface area contributed by atoms with E-state index in [2.05, 4.69) is 20.6 Å². The van der Waals surface area contributed by atoms with Crippen LogP contribution in [0.5, 0.6) is 0 Å². The molecule has 2 atom stereocenters. The maximum atomic E-state index is 14.0. The average molecular weight is 459 g/mol. The lowest BCUT2D eigenvalue weighted by Gasteiger charge is -2.19. The number of carbonyl (C=O) groups is 1. The average Bonchev–Trinajstić information content (AvgIpc) is 2.78. The first-order valence-corrected chi connectivity index (χ1v) is 10.6. The first kappa shape index (κ1) is 23.3. The summed E-state index contributed by atoms with van der Waals surface area (Å²) in [5, 5.41) is 15.6. The summed E-state index contributed by atoms with van der Waals surface area (Å²) in [5.74, 6) is -1.48. The lowest BCUT2D eigenvalue weighted by molar-refractivity contribution is 0.0526. The Morgan fingerprint density at radius 1 is 1.28 bits per heavy atom. The van der Waals surface area contributed by atoms with Crippen molar-refractivity contribution in [3.8, 4) is 0 Å². The summed E-state index contributed by atoms with van der Waals surface area (Å²) in [6.45, 7) is 1.53. The number of ether oxygens (including phenoxy) is 1. The predicted molar refractivity (Wildman–Crippen MR) is 115 cm³/mol. The van der Waals surface area contributed by atoms with Gasteiger partial charge < -0.3 is 25.0 Å². The summed E-state index contributed by atoms with van der Waals surface area (Å²) in [7, 11) is 0. The van der Waals surface area contributed by atoms with Gasteiger partial charge in [-0.15, -0.1) is 0 Å². The normalized spacial score (nSPS) is 12.6. The lowest BCUT2D eigenvalue weighted by Crippen LogP contribution is -2.19. The maximum Gasteiger partial charge on any atom is 0.343 e. The fourth-order valence-corrected chi connectivity index (χ4v) is 3.24. The molecule has 0 amide bonds.